The number of rotatable bonds is 3. The molecule has 1 fully saturated rings. The van der Waals surface area contributed by atoms with Crippen LogP contribution >= 0.6 is 39.1 Å². The molecule has 1 N–H and O–H groups in total. The molecular weight excluding hydrogens is 551 g/mol. The summed E-state index contributed by atoms with van der Waals surface area (Å²) < 4.78 is 0.868. The Kier molecular flexibility index (Phi) is 4.99. The summed E-state index contributed by atoms with van der Waals surface area (Å²) in [6.45, 7) is 1.55. The van der Waals surface area contributed by atoms with Crippen molar-refractivity contribution in [1.82, 2.24) is 4.90 Å². The van der Waals surface area contributed by atoms with Gasteiger partial charge in [-0.2, -0.15) is 0 Å². The second-order valence-electron chi connectivity index (χ2n) is 9.19. The van der Waals surface area contributed by atoms with E-state index < -0.39 is 45.3 Å². The molecule has 4 aliphatic rings. The maximum Gasteiger partial charge on any atom is 0.247 e. The number of likely N-dealkylation sites (tertiary alicyclic amines) is 1. The molecule has 3 aliphatic carbocycles. The van der Waals surface area contributed by atoms with Crippen LogP contribution in [0.4, 0.5) is 5.69 Å². The zero-order valence-corrected chi connectivity index (χ0v) is 21.6. The Labute approximate surface area is 220 Å². The summed E-state index contributed by atoms with van der Waals surface area (Å²) in [6.07, 6.45) is 0. The summed E-state index contributed by atoms with van der Waals surface area (Å²) in [6, 6.07) is 20.9. The highest BCUT2D eigenvalue weighted by Gasteiger charge is 2.73. The summed E-state index contributed by atoms with van der Waals surface area (Å²) >= 11 is 18.2. The van der Waals surface area contributed by atoms with E-state index in [9.17, 15) is 14.4 Å². The third-order valence-electron chi connectivity index (χ3n) is 7.50. The number of anilines is 1. The van der Waals surface area contributed by atoms with Crippen LogP contribution in [0.1, 0.15) is 29.2 Å². The Bertz CT molecular complexity index is 1300. The van der Waals surface area contributed by atoms with Crippen molar-refractivity contribution >= 4 is 62.5 Å². The fraction of sp³-hybridized carbons (Fsp3) is 0.222. The van der Waals surface area contributed by atoms with Crippen LogP contribution in [0.3, 0.4) is 0 Å². The quantitative estimate of drug-likeness (QED) is 0.341. The summed E-state index contributed by atoms with van der Waals surface area (Å²) in [5.41, 5.74) is 3.47. The van der Waals surface area contributed by atoms with Crippen LogP contribution in [0.15, 0.2) is 77.3 Å². The second kappa shape index (κ2) is 7.66. The number of alkyl halides is 2. The number of halogens is 3. The first-order chi connectivity index (χ1) is 16.7. The van der Waals surface area contributed by atoms with Crippen LogP contribution in [-0.2, 0) is 24.1 Å². The molecule has 3 atom stereocenters. The number of nitrogens with zero attached hydrogens (tertiary/aromatic N) is 1. The lowest BCUT2D eigenvalue weighted by Crippen LogP contribution is -2.57. The van der Waals surface area contributed by atoms with Crippen molar-refractivity contribution in [3.8, 4) is 0 Å². The molecule has 0 aromatic heterocycles. The summed E-state index contributed by atoms with van der Waals surface area (Å²) in [4.78, 5) is 39.5. The minimum Gasteiger partial charge on any atom is -0.324 e. The standard InChI is InChI=1S/C27H19BrCl2N2O3/c1-14(23(33)31-16-12-10-15(28)11-13-16)32-24(34)21-22(25(32)35)27(30)18-7-3-2-6-17(18)26(21,29)19-8-4-5-9-20(19)27/h2-14,21-22H,1H3,(H,31,33)/t14-,21+,22+,26?,27?/m1/s1. The summed E-state index contributed by atoms with van der Waals surface area (Å²) in [5.74, 6) is -3.30. The fourth-order valence-corrected chi connectivity index (χ4v) is 7.33. The third kappa shape index (κ3) is 2.85. The number of carbonyl (C=O) groups excluding carboxylic acids is 3. The van der Waals surface area contributed by atoms with Gasteiger partial charge < -0.3 is 5.32 Å². The Morgan fingerprint density at radius 1 is 0.829 bits per heavy atom. The van der Waals surface area contributed by atoms with E-state index in [4.69, 9.17) is 23.2 Å². The first kappa shape index (κ1) is 22.8. The van der Waals surface area contributed by atoms with Crippen molar-refractivity contribution in [3.63, 3.8) is 0 Å². The van der Waals surface area contributed by atoms with E-state index in [0.717, 1.165) is 31.6 Å². The van der Waals surface area contributed by atoms with Crippen molar-refractivity contribution in [2.75, 3.05) is 5.32 Å². The molecule has 0 radical (unpaired) electrons. The Morgan fingerprint density at radius 3 is 1.63 bits per heavy atom. The maximum absolute atomic E-state index is 13.9. The van der Waals surface area contributed by atoms with Gasteiger partial charge in [0.25, 0.3) is 0 Å². The lowest BCUT2D eigenvalue weighted by molar-refractivity contribution is -0.146. The number of imide groups is 1. The molecule has 1 aliphatic heterocycles. The van der Waals surface area contributed by atoms with Crippen molar-refractivity contribution < 1.29 is 14.4 Å². The highest BCUT2D eigenvalue weighted by molar-refractivity contribution is 9.10. The molecule has 5 nitrogen and oxygen atoms in total. The van der Waals surface area contributed by atoms with Crippen LogP contribution in [0, 0.1) is 11.8 Å². The smallest absolute Gasteiger partial charge is 0.247 e. The lowest BCUT2D eigenvalue weighted by atomic mass is 9.54. The molecule has 1 saturated heterocycles. The number of nitrogens with one attached hydrogen (secondary N) is 1. The van der Waals surface area contributed by atoms with E-state index in [0.29, 0.717) is 5.69 Å². The molecule has 7 rings (SSSR count). The normalized spacial score (nSPS) is 28.9. The van der Waals surface area contributed by atoms with E-state index in [1.54, 1.807) is 31.2 Å². The molecule has 2 bridgehead atoms. The Balaban J connectivity index is 1.45. The third-order valence-corrected chi connectivity index (χ3v) is 9.31. The van der Waals surface area contributed by atoms with Crippen LogP contribution in [0.25, 0.3) is 0 Å². The minimum absolute atomic E-state index is 0.470. The average Bonchev–Trinajstić information content (AvgIpc) is 3.14. The molecule has 0 saturated carbocycles. The van der Waals surface area contributed by atoms with Gasteiger partial charge in [0.05, 0.1) is 11.8 Å². The molecule has 0 spiro atoms. The van der Waals surface area contributed by atoms with E-state index in [1.165, 1.54) is 0 Å². The molecule has 8 heteroatoms. The van der Waals surface area contributed by atoms with Crippen LogP contribution < -0.4 is 5.32 Å². The first-order valence-electron chi connectivity index (χ1n) is 11.2. The van der Waals surface area contributed by atoms with E-state index in [2.05, 4.69) is 21.2 Å². The Hall–Kier alpha value is -2.67. The molecule has 176 valence electrons. The van der Waals surface area contributed by atoms with Crippen molar-refractivity contribution in [3.05, 3.63) is 99.5 Å². The van der Waals surface area contributed by atoms with Gasteiger partial charge in [-0.25, -0.2) is 0 Å². The SMILES string of the molecule is C[C@H](C(=O)Nc1ccc(Br)cc1)N1C(=O)[C@@H]2[C@@H](C1=O)C1(Cl)c3ccccc3C2(Cl)c2ccccc21. The highest BCUT2D eigenvalue weighted by atomic mass is 79.9. The van der Waals surface area contributed by atoms with Gasteiger partial charge in [0, 0.05) is 10.2 Å². The highest BCUT2D eigenvalue weighted by Crippen LogP contribution is 2.69. The summed E-state index contributed by atoms with van der Waals surface area (Å²) in [5, 5.41) is 2.79. The molecular formula is C27H19BrCl2N2O3. The second-order valence-corrected chi connectivity index (χ2v) is 11.3. The van der Waals surface area contributed by atoms with Crippen LogP contribution in [0.5, 0.6) is 0 Å². The molecule has 0 unspecified atom stereocenters. The van der Waals surface area contributed by atoms with Gasteiger partial charge in [0.15, 0.2) is 0 Å². The minimum atomic E-state index is -1.27. The largest absolute Gasteiger partial charge is 0.324 e. The lowest BCUT2D eigenvalue weighted by Gasteiger charge is -2.54. The molecule has 3 aromatic carbocycles. The zero-order chi connectivity index (χ0) is 24.7. The van der Waals surface area contributed by atoms with Gasteiger partial charge in [-0.05, 0) is 53.4 Å². The number of benzene rings is 3. The van der Waals surface area contributed by atoms with Crippen LogP contribution in [0.2, 0.25) is 0 Å². The Morgan fingerprint density at radius 2 is 1.23 bits per heavy atom. The maximum atomic E-state index is 13.9. The first-order valence-corrected chi connectivity index (χ1v) is 12.8. The predicted octanol–water partition coefficient (Wildman–Crippen LogP) is 5.37. The monoisotopic (exact) mass is 568 g/mol. The van der Waals surface area contributed by atoms with Crippen molar-refractivity contribution in [2.45, 2.75) is 22.7 Å². The number of hydrogen-bond acceptors (Lipinski definition) is 3. The van der Waals surface area contributed by atoms with Gasteiger partial charge in [-0.3, -0.25) is 19.3 Å². The van der Waals surface area contributed by atoms with Gasteiger partial charge in [-0.1, -0.05) is 64.5 Å². The molecule has 3 aromatic rings. The van der Waals surface area contributed by atoms with E-state index in [-0.39, 0.29) is 0 Å². The molecule has 1 heterocycles. The van der Waals surface area contributed by atoms with Gasteiger partial charge in [-0.15, -0.1) is 23.2 Å². The fourth-order valence-electron chi connectivity index (χ4n) is 5.97. The van der Waals surface area contributed by atoms with E-state index in [1.807, 2.05) is 48.5 Å². The van der Waals surface area contributed by atoms with Gasteiger partial charge >= 0.3 is 0 Å². The van der Waals surface area contributed by atoms with Crippen molar-refractivity contribution in [1.29, 1.82) is 0 Å². The zero-order valence-electron chi connectivity index (χ0n) is 18.5. The van der Waals surface area contributed by atoms with E-state index >= 15 is 0 Å². The predicted molar refractivity (Wildman–Crippen MR) is 137 cm³/mol. The number of hydrogen-bond donors (Lipinski definition) is 1. The van der Waals surface area contributed by atoms with Crippen LogP contribution in [-0.4, -0.2) is 28.7 Å². The molecule has 35 heavy (non-hydrogen) atoms. The van der Waals surface area contributed by atoms with Gasteiger partial charge in [0.1, 0.15) is 15.8 Å². The number of amides is 3. The van der Waals surface area contributed by atoms with Crippen molar-refractivity contribution in [2.24, 2.45) is 11.8 Å². The molecule has 3 amide bonds. The topological polar surface area (TPSA) is 66.5 Å². The summed E-state index contributed by atoms with van der Waals surface area (Å²) in [7, 11) is 0. The average molecular weight is 570 g/mol. The van der Waals surface area contributed by atoms with Gasteiger partial charge in [0.2, 0.25) is 17.7 Å². The number of carbonyl (C=O) groups is 3.